The van der Waals surface area contributed by atoms with Gasteiger partial charge in [-0.3, -0.25) is 4.79 Å². The number of nitrogens with one attached hydrogen (secondary N) is 1. The Kier molecular flexibility index (Phi) is 5.34. The van der Waals surface area contributed by atoms with Crippen molar-refractivity contribution in [2.45, 2.75) is 39.7 Å². The van der Waals surface area contributed by atoms with Crippen molar-refractivity contribution in [3.63, 3.8) is 0 Å². The number of carbonyl (C=O) groups is 2. The number of nitrogens with zero attached hydrogens (tertiary/aromatic N) is 3. The SMILES string of the molecule is CCN(CC)c1ccc(CNC(=O)N2C[C@@H]3CCC[C@@]3(C(=O)O)C2)cn1. The molecule has 2 fully saturated rings. The number of carbonyl (C=O) groups excluding carboxylic acids is 1. The predicted octanol–water partition coefficient (Wildman–Crippen LogP) is 2.32. The molecule has 7 nitrogen and oxygen atoms in total. The Bertz CT molecular complexity index is 659. The van der Waals surface area contributed by atoms with Gasteiger partial charge in [-0.25, -0.2) is 9.78 Å². The highest BCUT2D eigenvalue weighted by atomic mass is 16.4. The van der Waals surface area contributed by atoms with Crippen LogP contribution in [0.1, 0.15) is 38.7 Å². The first-order valence-electron chi connectivity index (χ1n) is 9.46. The van der Waals surface area contributed by atoms with Crippen molar-refractivity contribution in [1.82, 2.24) is 15.2 Å². The maximum atomic E-state index is 12.5. The van der Waals surface area contributed by atoms with Crippen molar-refractivity contribution in [2.24, 2.45) is 11.3 Å². The lowest BCUT2D eigenvalue weighted by Crippen LogP contribution is -2.41. The second-order valence-corrected chi connectivity index (χ2v) is 7.29. The van der Waals surface area contributed by atoms with Crippen LogP contribution in [0.15, 0.2) is 18.3 Å². The van der Waals surface area contributed by atoms with Crippen molar-refractivity contribution in [1.29, 1.82) is 0 Å². The summed E-state index contributed by atoms with van der Waals surface area (Å²) < 4.78 is 0. The average Bonchev–Trinajstić information content (AvgIpc) is 3.20. The number of rotatable bonds is 6. The van der Waals surface area contributed by atoms with Gasteiger partial charge in [0.15, 0.2) is 0 Å². The zero-order valence-electron chi connectivity index (χ0n) is 15.6. The van der Waals surface area contributed by atoms with E-state index in [0.29, 0.717) is 26.1 Å². The Morgan fingerprint density at radius 3 is 2.73 bits per heavy atom. The number of likely N-dealkylation sites (tertiary alicyclic amines) is 1. The first kappa shape index (κ1) is 18.5. The molecule has 1 aromatic heterocycles. The van der Waals surface area contributed by atoms with Crippen molar-refractivity contribution in [2.75, 3.05) is 31.1 Å². The van der Waals surface area contributed by atoms with Gasteiger partial charge in [0.25, 0.3) is 0 Å². The molecule has 0 bridgehead atoms. The van der Waals surface area contributed by atoms with Crippen molar-refractivity contribution in [3.05, 3.63) is 23.9 Å². The number of hydrogen-bond acceptors (Lipinski definition) is 4. The minimum atomic E-state index is -0.758. The molecule has 2 aliphatic rings. The molecule has 26 heavy (non-hydrogen) atoms. The number of urea groups is 1. The molecule has 3 rings (SSSR count). The van der Waals surface area contributed by atoms with E-state index in [1.165, 1.54) is 0 Å². The molecule has 0 spiro atoms. The molecule has 0 radical (unpaired) electrons. The average molecular weight is 360 g/mol. The lowest BCUT2D eigenvalue weighted by Gasteiger charge is -2.23. The van der Waals surface area contributed by atoms with E-state index in [1.54, 1.807) is 11.1 Å². The monoisotopic (exact) mass is 360 g/mol. The number of pyridine rings is 1. The highest BCUT2D eigenvalue weighted by Gasteiger charge is 2.55. The second-order valence-electron chi connectivity index (χ2n) is 7.29. The number of fused-ring (bicyclic) bond motifs is 1. The van der Waals surface area contributed by atoms with E-state index in [0.717, 1.165) is 37.3 Å². The van der Waals surface area contributed by atoms with E-state index < -0.39 is 11.4 Å². The summed E-state index contributed by atoms with van der Waals surface area (Å²) in [5, 5.41) is 12.5. The Morgan fingerprint density at radius 2 is 2.15 bits per heavy atom. The summed E-state index contributed by atoms with van der Waals surface area (Å²) >= 11 is 0. The summed E-state index contributed by atoms with van der Waals surface area (Å²) in [5.74, 6) is 0.258. The maximum Gasteiger partial charge on any atom is 0.317 e. The lowest BCUT2D eigenvalue weighted by molar-refractivity contribution is -0.149. The Labute approximate surface area is 154 Å². The van der Waals surface area contributed by atoms with Crippen LogP contribution < -0.4 is 10.2 Å². The molecule has 1 aliphatic heterocycles. The standard InChI is InChI=1S/C19H28N4O3/c1-3-22(4-2)16-8-7-14(10-20-16)11-21-18(26)23-12-15-6-5-9-19(15,13-23)17(24)25/h7-8,10,15H,3-6,9,11-13H2,1-2H3,(H,21,26)(H,24,25)/t15-,19+/m0/s1. The molecule has 0 unspecified atom stereocenters. The predicted molar refractivity (Wildman–Crippen MR) is 99.0 cm³/mol. The smallest absolute Gasteiger partial charge is 0.317 e. The number of aromatic nitrogens is 1. The van der Waals surface area contributed by atoms with E-state index in [-0.39, 0.29) is 11.9 Å². The van der Waals surface area contributed by atoms with Crippen LogP contribution in [0, 0.1) is 11.3 Å². The van der Waals surface area contributed by atoms with Crippen LogP contribution in [0.3, 0.4) is 0 Å². The molecule has 1 aliphatic carbocycles. The fourth-order valence-corrected chi connectivity index (χ4v) is 4.34. The number of anilines is 1. The Hall–Kier alpha value is -2.31. The normalized spacial score (nSPS) is 24.4. The summed E-state index contributed by atoms with van der Waals surface area (Å²) in [6, 6.07) is 3.75. The van der Waals surface area contributed by atoms with E-state index in [2.05, 4.69) is 29.0 Å². The largest absolute Gasteiger partial charge is 0.481 e. The summed E-state index contributed by atoms with van der Waals surface area (Å²) in [6.45, 7) is 7.24. The van der Waals surface area contributed by atoms with Gasteiger partial charge in [0.1, 0.15) is 5.82 Å². The van der Waals surface area contributed by atoms with E-state index in [4.69, 9.17) is 0 Å². The molecule has 7 heteroatoms. The number of aliphatic carboxylic acids is 1. The van der Waals surface area contributed by atoms with Crippen molar-refractivity contribution >= 4 is 17.8 Å². The zero-order chi connectivity index (χ0) is 18.7. The quantitative estimate of drug-likeness (QED) is 0.813. The summed E-state index contributed by atoms with van der Waals surface area (Å²) in [7, 11) is 0. The van der Waals surface area contributed by atoms with Gasteiger partial charge in [-0.1, -0.05) is 12.5 Å². The van der Waals surface area contributed by atoms with Crippen molar-refractivity contribution in [3.8, 4) is 0 Å². The van der Waals surface area contributed by atoms with Crippen LogP contribution in [-0.4, -0.2) is 53.2 Å². The van der Waals surface area contributed by atoms with E-state index in [1.807, 2.05) is 12.1 Å². The van der Waals surface area contributed by atoms with E-state index >= 15 is 0 Å². The van der Waals surface area contributed by atoms with Gasteiger partial charge in [-0.2, -0.15) is 0 Å². The van der Waals surface area contributed by atoms with Crippen LogP contribution in [0.25, 0.3) is 0 Å². The van der Waals surface area contributed by atoms with Crippen LogP contribution in [0.4, 0.5) is 10.6 Å². The topological polar surface area (TPSA) is 85.8 Å². The third kappa shape index (κ3) is 3.34. The fraction of sp³-hybridized carbons (Fsp3) is 0.632. The molecule has 1 aromatic rings. The molecule has 142 valence electrons. The minimum Gasteiger partial charge on any atom is -0.481 e. The van der Waals surface area contributed by atoms with Gasteiger partial charge in [0.05, 0.1) is 5.41 Å². The highest BCUT2D eigenvalue weighted by molar-refractivity contribution is 5.80. The first-order chi connectivity index (χ1) is 12.5. The summed E-state index contributed by atoms with van der Waals surface area (Å²) in [4.78, 5) is 32.5. The third-order valence-corrected chi connectivity index (χ3v) is 5.92. The molecule has 2 N–H and O–H groups in total. The molecular weight excluding hydrogens is 332 g/mol. The minimum absolute atomic E-state index is 0.0840. The van der Waals surface area contributed by atoms with Crippen LogP contribution in [0.5, 0.6) is 0 Å². The van der Waals surface area contributed by atoms with Crippen LogP contribution in [-0.2, 0) is 11.3 Å². The number of carboxylic acids is 1. The van der Waals surface area contributed by atoms with Gasteiger partial charge in [0.2, 0.25) is 0 Å². The molecule has 1 saturated heterocycles. The molecule has 2 heterocycles. The molecular formula is C19H28N4O3. The van der Waals surface area contributed by atoms with Crippen LogP contribution >= 0.6 is 0 Å². The number of amides is 2. The van der Waals surface area contributed by atoms with E-state index in [9.17, 15) is 14.7 Å². The zero-order valence-corrected chi connectivity index (χ0v) is 15.6. The Balaban J connectivity index is 1.56. The van der Waals surface area contributed by atoms with Gasteiger partial charge in [-0.15, -0.1) is 0 Å². The lowest BCUT2D eigenvalue weighted by atomic mass is 9.81. The number of hydrogen-bond donors (Lipinski definition) is 2. The molecule has 1 saturated carbocycles. The third-order valence-electron chi connectivity index (χ3n) is 5.92. The van der Waals surface area contributed by atoms with Gasteiger partial charge in [-0.05, 0) is 44.2 Å². The first-order valence-corrected chi connectivity index (χ1v) is 9.46. The summed E-state index contributed by atoms with van der Waals surface area (Å²) in [5.41, 5.74) is 0.200. The molecule has 2 atom stereocenters. The molecule has 0 aromatic carbocycles. The van der Waals surface area contributed by atoms with Crippen molar-refractivity contribution < 1.29 is 14.7 Å². The number of carboxylic acid groups (broad SMARTS) is 1. The highest BCUT2D eigenvalue weighted by Crippen LogP contribution is 2.48. The molecule has 2 amide bonds. The maximum absolute atomic E-state index is 12.5. The van der Waals surface area contributed by atoms with Gasteiger partial charge < -0.3 is 20.2 Å². The second kappa shape index (κ2) is 7.51. The Morgan fingerprint density at radius 1 is 1.38 bits per heavy atom. The summed E-state index contributed by atoms with van der Waals surface area (Å²) in [6.07, 6.45) is 4.29. The van der Waals surface area contributed by atoms with Gasteiger partial charge in [0, 0.05) is 38.9 Å². The van der Waals surface area contributed by atoms with Crippen LogP contribution in [0.2, 0.25) is 0 Å². The fourth-order valence-electron chi connectivity index (χ4n) is 4.34. The van der Waals surface area contributed by atoms with Gasteiger partial charge >= 0.3 is 12.0 Å².